The minimum atomic E-state index is -0.0230. The quantitative estimate of drug-likeness (QED) is 0.727. The predicted molar refractivity (Wildman–Crippen MR) is 109 cm³/mol. The van der Waals surface area contributed by atoms with E-state index in [0.29, 0.717) is 22.4 Å². The minimum Gasteiger partial charge on any atom is -0.454 e. The van der Waals surface area contributed by atoms with Crippen molar-refractivity contribution < 1.29 is 14.3 Å². The SMILES string of the molecule is CCN1C(=O)/C(=C\c2ccc3c(c2)OCO3)SC1=Nc1c(C)cccc1C. The summed E-state index contributed by atoms with van der Waals surface area (Å²) in [6.45, 7) is 6.84. The Hall–Kier alpha value is -2.73. The largest absolute Gasteiger partial charge is 0.454 e. The van der Waals surface area contributed by atoms with E-state index in [1.165, 1.54) is 11.8 Å². The second-order valence-electron chi connectivity index (χ2n) is 6.41. The number of carbonyl (C=O) groups excluding carboxylic acids is 1. The van der Waals surface area contributed by atoms with Gasteiger partial charge in [-0.2, -0.15) is 0 Å². The highest BCUT2D eigenvalue weighted by molar-refractivity contribution is 8.18. The highest BCUT2D eigenvalue weighted by Gasteiger charge is 2.32. The molecule has 2 aliphatic heterocycles. The molecule has 6 heteroatoms. The average molecular weight is 380 g/mol. The molecule has 2 heterocycles. The number of fused-ring (bicyclic) bond motifs is 1. The molecule has 1 amide bonds. The lowest BCUT2D eigenvalue weighted by Crippen LogP contribution is -2.28. The number of aliphatic imine (C=N–C) groups is 1. The van der Waals surface area contributed by atoms with Gasteiger partial charge in [-0.3, -0.25) is 9.69 Å². The Bertz CT molecular complexity index is 961. The molecule has 0 atom stereocenters. The Kier molecular flexibility index (Phi) is 4.66. The van der Waals surface area contributed by atoms with E-state index >= 15 is 0 Å². The third-order valence-corrected chi connectivity index (χ3v) is 5.55. The van der Waals surface area contributed by atoms with Crippen molar-refractivity contribution >= 4 is 34.6 Å². The van der Waals surface area contributed by atoms with Crippen molar-refractivity contribution in [2.45, 2.75) is 20.8 Å². The first kappa shape index (κ1) is 17.7. The number of ether oxygens (including phenoxy) is 2. The van der Waals surface area contributed by atoms with E-state index < -0.39 is 0 Å². The van der Waals surface area contributed by atoms with Crippen LogP contribution < -0.4 is 9.47 Å². The van der Waals surface area contributed by atoms with E-state index in [-0.39, 0.29) is 12.7 Å². The van der Waals surface area contributed by atoms with E-state index in [0.717, 1.165) is 28.1 Å². The Labute approximate surface area is 162 Å². The van der Waals surface area contributed by atoms with Crippen molar-refractivity contribution in [2.24, 2.45) is 4.99 Å². The van der Waals surface area contributed by atoms with E-state index in [1.54, 1.807) is 4.90 Å². The molecule has 1 saturated heterocycles. The van der Waals surface area contributed by atoms with Crippen LogP contribution in [0.2, 0.25) is 0 Å². The number of nitrogens with zero attached hydrogens (tertiary/aromatic N) is 2. The van der Waals surface area contributed by atoms with Crippen LogP contribution in [0.1, 0.15) is 23.6 Å². The smallest absolute Gasteiger partial charge is 0.266 e. The Morgan fingerprint density at radius 3 is 2.63 bits per heavy atom. The van der Waals surface area contributed by atoms with Crippen LogP contribution in [-0.2, 0) is 4.79 Å². The lowest BCUT2D eigenvalue weighted by molar-refractivity contribution is -0.122. The number of carbonyl (C=O) groups is 1. The molecule has 0 bridgehead atoms. The topological polar surface area (TPSA) is 51.1 Å². The molecule has 1 fully saturated rings. The van der Waals surface area contributed by atoms with Gasteiger partial charge >= 0.3 is 0 Å². The summed E-state index contributed by atoms with van der Waals surface area (Å²) in [6, 6.07) is 11.8. The van der Waals surface area contributed by atoms with E-state index in [4.69, 9.17) is 14.5 Å². The number of rotatable bonds is 3. The second kappa shape index (κ2) is 7.12. The second-order valence-corrected chi connectivity index (χ2v) is 7.42. The number of aryl methyl sites for hydroxylation is 2. The molecule has 0 aliphatic carbocycles. The number of benzene rings is 2. The molecular weight excluding hydrogens is 360 g/mol. The van der Waals surface area contributed by atoms with Gasteiger partial charge in [0.15, 0.2) is 16.7 Å². The summed E-state index contributed by atoms with van der Waals surface area (Å²) in [5.41, 5.74) is 4.02. The monoisotopic (exact) mass is 380 g/mol. The van der Waals surface area contributed by atoms with E-state index in [2.05, 4.69) is 0 Å². The highest BCUT2D eigenvalue weighted by atomic mass is 32.2. The van der Waals surface area contributed by atoms with Gasteiger partial charge in [0.05, 0.1) is 10.6 Å². The maximum absolute atomic E-state index is 12.8. The van der Waals surface area contributed by atoms with Crippen molar-refractivity contribution in [1.82, 2.24) is 4.90 Å². The molecule has 0 spiro atoms. The highest BCUT2D eigenvalue weighted by Crippen LogP contribution is 2.37. The van der Waals surface area contributed by atoms with Gasteiger partial charge in [-0.15, -0.1) is 0 Å². The van der Waals surface area contributed by atoms with Crippen molar-refractivity contribution in [3.63, 3.8) is 0 Å². The summed E-state index contributed by atoms with van der Waals surface area (Å²) in [5.74, 6) is 1.41. The molecule has 5 nitrogen and oxygen atoms in total. The first-order valence-electron chi connectivity index (χ1n) is 8.83. The maximum Gasteiger partial charge on any atom is 0.266 e. The molecule has 2 aromatic carbocycles. The van der Waals surface area contributed by atoms with E-state index in [9.17, 15) is 4.79 Å². The van der Waals surface area contributed by atoms with Crippen molar-refractivity contribution in [2.75, 3.05) is 13.3 Å². The number of hydrogen-bond donors (Lipinski definition) is 0. The molecule has 2 aliphatic rings. The van der Waals surface area contributed by atoms with Crippen LogP contribution in [0.4, 0.5) is 5.69 Å². The molecule has 0 saturated carbocycles. The number of thioether (sulfide) groups is 1. The van der Waals surface area contributed by atoms with Crippen LogP contribution in [0, 0.1) is 13.8 Å². The summed E-state index contributed by atoms with van der Waals surface area (Å²) >= 11 is 1.41. The fourth-order valence-corrected chi connectivity index (χ4v) is 4.15. The number of amidine groups is 1. The first-order valence-corrected chi connectivity index (χ1v) is 9.64. The molecule has 0 N–H and O–H groups in total. The molecule has 4 rings (SSSR count). The van der Waals surface area contributed by atoms with Gasteiger partial charge in [-0.25, -0.2) is 4.99 Å². The van der Waals surface area contributed by atoms with Crippen LogP contribution in [-0.4, -0.2) is 29.3 Å². The zero-order chi connectivity index (χ0) is 19.0. The molecule has 27 heavy (non-hydrogen) atoms. The summed E-state index contributed by atoms with van der Waals surface area (Å²) in [6.07, 6.45) is 1.88. The van der Waals surface area contributed by atoms with E-state index in [1.807, 2.05) is 63.2 Å². The number of amides is 1. The van der Waals surface area contributed by atoms with Crippen LogP contribution in [0.3, 0.4) is 0 Å². The molecule has 0 aromatic heterocycles. The molecule has 0 radical (unpaired) electrons. The van der Waals surface area contributed by atoms with Crippen LogP contribution in [0.15, 0.2) is 46.3 Å². The zero-order valence-electron chi connectivity index (χ0n) is 15.5. The van der Waals surface area contributed by atoms with Gasteiger partial charge in [0.1, 0.15) is 0 Å². The van der Waals surface area contributed by atoms with Crippen LogP contribution in [0.25, 0.3) is 6.08 Å². The van der Waals surface area contributed by atoms with Gasteiger partial charge in [-0.05, 0) is 67.4 Å². The normalized spacial score (nSPS) is 18.8. The molecular formula is C21H20N2O3S. The third kappa shape index (κ3) is 3.32. The molecule has 2 aromatic rings. The lowest BCUT2D eigenvalue weighted by Gasteiger charge is -2.13. The fraction of sp³-hybridized carbons (Fsp3) is 0.238. The average Bonchev–Trinajstić information content (AvgIpc) is 3.22. The third-order valence-electron chi connectivity index (χ3n) is 4.55. The Balaban J connectivity index is 1.69. The van der Waals surface area contributed by atoms with Gasteiger partial charge < -0.3 is 9.47 Å². The molecule has 138 valence electrons. The van der Waals surface area contributed by atoms with Crippen molar-refractivity contribution in [3.8, 4) is 11.5 Å². The van der Waals surface area contributed by atoms with Crippen LogP contribution >= 0.6 is 11.8 Å². The summed E-state index contributed by atoms with van der Waals surface area (Å²) < 4.78 is 10.8. The maximum atomic E-state index is 12.8. The summed E-state index contributed by atoms with van der Waals surface area (Å²) in [4.78, 5) is 20.0. The number of hydrogen-bond acceptors (Lipinski definition) is 5. The first-order chi connectivity index (χ1) is 13.1. The summed E-state index contributed by atoms with van der Waals surface area (Å²) in [5, 5.41) is 0.715. The predicted octanol–water partition coefficient (Wildman–Crippen LogP) is 4.66. The Morgan fingerprint density at radius 2 is 1.89 bits per heavy atom. The van der Waals surface area contributed by atoms with Gasteiger partial charge in [0, 0.05) is 6.54 Å². The zero-order valence-corrected chi connectivity index (χ0v) is 16.3. The van der Waals surface area contributed by atoms with Crippen molar-refractivity contribution in [1.29, 1.82) is 0 Å². The van der Waals surface area contributed by atoms with Gasteiger partial charge in [-0.1, -0.05) is 24.3 Å². The number of para-hydroxylation sites is 1. The van der Waals surface area contributed by atoms with Gasteiger partial charge in [0.2, 0.25) is 6.79 Å². The Morgan fingerprint density at radius 1 is 1.15 bits per heavy atom. The summed E-state index contributed by atoms with van der Waals surface area (Å²) in [7, 11) is 0. The lowest BCUT2D eigenvalue weighted by atomic mass is 10.1. The minimum absolute atomic E-state index is 0.0230. The van der Waals surface area contributed by atoms with Gasteiger partial charge in [0.25, 0.3) is 5.91 Å². The fourth-order valence-electron chi connectivity index (χ4n) is 3.10. The molecule has 0 unspecified atom stereocenters. The standard InChI is InChI=1S/C21H20N2O3S/c1-4-23-20(24)18(11-15-8-9-16-17(10-15)26-12-25-16)27-21(23)22-19-13(2)6-5-7-14(19)3/h5-11H,4,12H2,1-3H3/b18-11+,22-21?. The van der Waals surface area contributed by atoms with Crippen molar-refractivity contribution in [3.05, 3.63) is 58.0 Å². The number of likely N-dealkylation sites (N-methyl/N-ethyl adjacent to an activating group) is 1. The van der Waals surface area contributed by atoms with Crippen LogP contribution in [0.5, 0.6) is 11.5 Å².